The summed E-state index contributed by atoms with van der Waals surface area (Å²) < 4.78 is 5.35. The lowest BCUT2D eigenvalue weighted by atomic mass is 9.85. The number of rotatable bonds is 4. The Kier molecular flexibility index (Phi) is 5.94. The highest BCUT2D eigenvalue weighted by atomic mass is 32.1. The van der Waals surface area contributed by atoms with Crippen molar-refractivity contribution in [1.29, 1.82) is 0 Å². The van der Waals surface area contributed by atoms with Crippen molar-refractivity contribution in [2.75, 3.05) is 12.4 Å². The van der Waals surface area contributed by atoms with Crippen LogP contribution in [0.3, 0.4) is 0 Å². The van der Waals surface area contributed by atoms with E-state index in [0.717, 1.165) is 11.3 Å². The van der Waals surface area contributed by atoms with Crippen molar-refractivity contribution in [3.63, 3.8) is 0 Å². The summed E-state index contributed by atoms with van der Waals surface area (Å²) in [4.78, 5) is 13.2. The lowest BCUT2D eigenvalue weighted by molar-refractivity contribution is -0.113. The van der Waals surface area contributed by atoms with E-state index in [1.54, 1.807) is 7.11 Å². The molecule has 1 amide bonds. The van der Waals surface area contributed by atoms with E-state index in [0.29, 0.717) is 22.1 Å². The van der Waals surface area contributed by atoms with E-state index >= 15 is 0 Å². The van der Waals surface area contributed by atoms with E-state index in [4.69, 9.17) is 17.0 Å². The normalized spacial score (nSPS) is 16.7. The van der Waals surface area contributed by atoms with Crippen LogP contribution in [0.4, 0.5) is 5.69 Å². The van der Waals surface area contributed by atoms with Gasteiger partial charge in [0.25, 0.3) is 5.91 Å². The Balaban J connectivity index is 1.94. The monoisotopic (exact) mass is 409 g/mol. The first-order valence-electron chi connectivity index (χ1n) is 9.54. The van der Waals surface area contributed by atoms with Crippen LogP contribution < -0.4 is 20.7 Å². The van der Waals surface area contributed by atoms with Gasteiger partial charge >= 0.3 is 0 Å². The van der Waals surface area contributed by atoms with E-state index in [2.05, 4.69) is 61.0 Å². The van der Waals surface area contributed by atoms with Crippen LogP contribution in [-0.4, -0.2) is 18.1 Å². The summed E-state index contributed by atoms with van der Waals surface area (Å²) in [6.07, 6.45) is 0. The summed E-state index contributed by atoms with van der Waals surface area (Å²) in [5.41, 5.74) is 4.21. The Morgan fingerprint density at radius 1 is 1.10 bits per heavy atom. The molecule has 6 heteroatoms. The molecule has 3 rings (SSSR count). The lowest BCUT2D eigenvalue weighted by Crippen LogP contribution is -2.45. The van der Waals surface area contributed by atoms with E-state index in [9.17, 15) is 4.79 Å². The third kappa shape index (κ3) is 4.59. The summed E-state index contributed by atoms with van der Waals surface area (Å²) in [6, 6.07) is 15.3. The Labute approximate surface area is 177 Å². The van der Waals surface area contributed by atoms with Crippen molar-refractivity contribution in [3.8, 4) is 5.75 Å². The Morgan fingerprint density at radius 3 is 2.38 bits per heavy atom. The fraction of sp³-hybridized carbons (Fsp3) is 0.304. The van der Waals surface area contributed by atoms with Crippen LogP contribution in [0.25, 0.3) is 0 Å². The molecule has 0 fully saturated rings. The van der Waals surface area contributed by atoms with Crippen LogP contribution in [-0.2, 0) is 10.2 Å². The minimum atomic E-state index is -0.340. The third-order valence-electron chi connectivity index (χ3n) is 4.98. The molecule has 0 saturated heterocycles. The largest absolute Gasteiger partial charge is 0.495 e. The van der Waals surface area contributed by atoms with Crippen LogP contribution in [0, 0.1) is 0 Å². The molecule has 29 heavy (non-hydrogen) atoms. The summed E-state index contributed by atoms with van der Waals surface area (Å²) in [7, 11) is 1.58. The van der Waals surface area contributed by atoms with Crippen LogP contribution in [0.15, 0.2) is 59.8 Å². The van der Waals surface area contributed by atoms with Crippen LogP contribution in [0.5, 0.6) is 5.75 Å². The van der Waals surface area contributed by atoms with Crippen molar-refractivity contribution < 1.29 is 9.53 Å². The quantitative estimate of drug-likeness (QED) is 0.653. The fourth-order valence-electron chi connectivity index (χ4n) is 3.36. The highest BCUT2D eigenvalue weighted by Gasteiger charge is 2.30. The smallest absolute Gasteiger partial charge is 0.255 e. The van der Waals surface area contributed by atoms with Crippen molar-refractivity contribution in [1.82, 2.24) is 10.6 Å². The van der Waals surface area contributed by atoms with E-state index in [-0.39, 0.29) is 17.4 Å². The molecule has 0 aliphatic carbocycles. The molecule has 1 aliphatic rings. The summed E-state index contributed by atoms with van der Waals surface area (Å²) in [6.45, 7) is 8.39. The number of nitrogens with one attached hydrogen (secondary N) is 3. The van der Waals surface area contributed by atoms with Crippen LogP contribution in [0.1, 0.15) is 44.9 Å². The molecule has 3 N–H and O–H groups in total. The second kappa shape index (κ2) is 8.25. The number of allylic oxidation sites excluding steroid dienone is 1. The maximum atomic E-state index is 13.2. The van der Waals surface area contributed by atoms with E-state index in [1.165, 1.54) is 5.56 Å². The average Bonchev–Trinajstić information content (AvgIpc) is 2.67. The molecule has 1 unspecified atom stereocenters. The molecule has 152 valence electrons. The first-order chi connectivity index (χ1) is 13.7. The third-order valence-corrected chi connectivity index (χ3v) is 5.20. The van der Waals surface area contributed by atoms with Crippen molar-refractivity contribution in [3.05, 3.63) is 70.9 Å². The topological polar surface area (TPSA) is 62.4 Å². The van der Waals surface area contributed by atoms with Gasteiger partial charge in [0.15, 0.2) is 5.11 Å². The maximum absolute atomic E-state index is 13.2. The van der Waals surface area contributed by atoms with Gasteiger partial charge in [-0.2, -0.15) is 0 Å². The van der Waals surface area contributed by atoms with Gasteiger partial charge in [-0.1, -0.05) is 57.2 Å². The number of hydrogen-bond donors (Lipinski definition) is 3. The number of carbonyl (C=O) groups is 1. The van der Waals surface area contributed by atoms with E-state index < -0.39 is 0 Å². The number of carbonyl (C=O) groups excluding carboxylic acids is 1. The summed E-state index contributed by atoms with van der Waals surface area (Å²) in [5.74, 6) is 0.400. The molecule has 2 aromatic rings. The van der Waals surface area contributed by atoms with Gasteiger partial charge in [0, 0.05) is 5.70 Å². The number of thiocarbonyl (C=S) groups is 1. The molecule has 1 atom stereocenters. The molecule has 0 bridgehead atoms. The van der Waals surface area contributed by atoms with Gasteiger partial charge in [0.05, 0.1) is 24.4 Å². The first-order valence-corrected chi connectivity index (χ1v) is 9.94. The number of benzene rings is 2. The van der Waals surface area contributed by atoms with Gasteiger partial charge in [-0.25, -0.2) is 0 Å². The van der Waals surface area contributed by atoms with Crippen molar-refractivity contribution >= 4 is 28.9 Å². The number of hydrogen-bond acceptors (Lipinski definition) is 3. The number of ether oxygens (including phenoxy) is 1. The second-order valence-corrected chi connectivity index (χ2v) is 8.50. The van der Waals surface area contributed by atoms with Gasteiger partial charge in [-0.15, -0.1) is 0 Å². The molecule has 0 saturated carbocycles. The molecule has 0 radical (unpaired) electrons. The van der Waals surface area contributed by atoms with Crippen molar-refractivity contribution in [2.24, 2.45) is 0 Å². The van der Waals surface area contributed by atoms with E-state index in [1.807, 2.05) is 31.2 Å². The predicted molar refractivity (Wildman–Crippen MR) is 121 cm³/mol. The Morgan fingerprint density at radius 2 is 1.76 bits per heavy atom. The highest BCUT2D eigenvalue weighted by Crippen LogP contribution is 2.31. The number of methoxy groups -OCH3 is 1. The second-order valence-electron chi connectivity index (χ2n) is 8.10. The zero-order valence-corrected chi connectivity index (χ0v) is 18.2. The SMILES string of the molecule is COc1ccccc1NC(=O)C1=C(C)NC(=S)NC1c1ccc(C(C)(C)C)cc1. The minimum Gasteiger partial charge on any atom is -0.495 e. The number of para-hydroxylation sites is 2. The highest BCUT2D eigenvalue weighted by molar-refractivity contribution is 7.80. The molecule has 1 aliphatic heterocycles. The van der Waals surface area contributed by atoms with Gasteiger partial charge in [0.1, 0.15) is 5.75 Å². The maximum Gasteiger partial charge on any atom is 0.255 e. The molecule has 2 aromatic carbocycles. The van der Waals surface area contributed by atoms with Crippen LogP contribution in [0.2, 0.25) is 0 Å². The molecule has 1 heterocycles. The fourth-order valence-corrected chi connectivity index (χ4v) is 3.63. The average molecular weight is 410 g/mol. The van der Waals surface area contributed by atoms with Crippen molar-refractivity contribution in [2.45, 2.75) is 39.2 Å². The zero-order valence-electron chi connectivity index (χ0n) is 17.4. The number of amides is 1. The van der Waals surface area contributed by atoms with Gasteiger partial charge in [-0.3, -0.25) is 4.79 Å². The number of anilines is 1. The molecular formula is C23H27N3O2S. The molecule has 0 spiro atoms. The molecule has 5 nitrogen and oxygen atoms in total. The molecular weight excluding hydrogens is 382 g/mol. The van der Waals surface area contributed by atoms with Gasteiger partial charge in [-0.05, 0) is 47.8 Å². The Bertz CT molecular complexity index is 959. The van der Waals surface area contributed by atoms with Gasteiger partial charge < -0.3 is 20.7 Å². The standard InChI is InChI=1S/C23H27N3O2S/c1-14-19(21(27)25-17-8-6-7-9-18(17)28-5)20(26-22(29)24-14)15-10-12-16(13-11-15)23(2,3)4/h6-13,20H,1-5H3,(H,25,27)(H2,24,26,29). The predicted octanol–water partition coefficient (Wildman–Crippen LogP) is 4.42. The minimum absolute atomic E-state index is 0.0607. The lowest BCUT2D eigenvalue weighted by Gasteiger charge is -2.31. The molecule has 0 aromatic heterocycles. The summed E-state index contributed by atoms with van der Waals surface area (Å²) in [5, 5.41) is 9.77. The summed E-state index contributed by atoms with van der Waals surface area (Å²) >= 11 is 5.35. The Hall–Kier alpha value is -2.86. The van der Waals surface area contributed by atoms with Crippen LogP contribution >= 0.6 is 12.2 Å². The zero-order chi connectivity index (χ0) is 21.2. The first kappa shape index (κ1) is 20.9. The van der Waals surface area contributed by atoms with Gasteiger partial charge in [0.2, 0.25) is 0 Å².